The Balaban J connectivity index is 1.38. The molecule has 2 heterocycles. The second-order valence-corrected chi connectivity index (χ2v) is 7.45. The van der Waals surface area contributed by atoms with Crippen LogP contribution in [0.4, 0.5) is 4.79 Å². The molecule has 1 aromatic rings. The average Bonchev–Trinajstić information content (AvgIpc) is 2.95. The van der Waals surface area contributed by atoms with Gasteiger partial charge in [0.1, 0.15) is 11.9 Å². The first-order valence-electron chi connectivity index (χ1n) is 9.50. The molecule has 2 aliphatic heterocycles. The summed E-state index contributed by atoms with van der Waals surface area (Å²) < 4.78 is 11.1. The average molecular weight is 375 g/mol. The van der Waals surface area contributed by atoms with Crippen molar-refractivity contribution in [2.45, 2.75) is 26.4 Å². The maximum atomic E-state index is 12.3. The van der Waals surface area contributed by atoms with Crippen LogP contribution >= 0.6 is 0 Å². The monoisotopic (exact) mass is 375 g/mol. The highest BCUT2D eigenvalue weighted by atomic mass is 16.5. The van der Waals surface area contributed by atoms with Gasteiger partial charge in [0, 0.05) is 39.1 Å². The number of amides is 3. The molecule has 3 rings (SSSR count). The Morgan fingerprint density at radius 2 is 1.93 bits per heavy atom. The standard InChI is InChI=1S/C20H29N3O4/c1-14-5-4-6-15(2)19(14)27-17-12-23(13-17)20(25)21-10-16-9-18(24)22(11-16)7-8-26-3/h4-6,16-17H,7-13H2,1-3H3,(H,21,25). The van der Waals surface area contributed by atoms with Crippen molar-refractivity contribution in [3.05, 3.63) is 29.3 Å². The van der Waals surface area contributed by atoms with Crippen molar-refractivity contribution in [3.8, 4) is 5.75 Å². The first kappa shape index (κ1) is 19.5. The summed E-state index contributed by atoms with van der Waals surface area (Å²) in [5.74, 6) is 1.22. The molecule has 3 amide bonds. The summed E-state index contributed by atoms with van der Waals surface area (Å²) in [6, 6.07) is 6.00. The van der Waals surface area contributed by atoms with Gasteiger partial charge in [0.05, 0.1) is 19.7 Å². The summed E-state index contributed by atoms with van der Waals surface area (Å²) >= 11 is 0. The van der Waals surface area contributed by atoms with Gasteiger partial charge in [-0.05, 0) is 25.0 Å². The second kappa shape index (κ2) is 8.61. The number of rotatable bonds is 7. The van der Waals surface area contributed by atoms with Gasteiger partial charge < -0.3 is 24.6 Å². The van der Waals surface area contributed by atoms with Crippen LogP contribution in [0.2, 0.25) is 0 Å². The first-order valence-corrected chi connectivity index (χ1v) is 9.50. The summed E-state index contributed by atoms with van der Waals surface area (Å²) in [4.78, 5) is 27.8. The SMILES string of the molecule is COCCN1CC(CNC(=O)N2CC(Oc3c(C)cccc3C)C2)CC1=O. The second-order valence-electron chi connectivity index (χ2n) is 7.45. The van der Waals surface area contributed by atoms with E-state index >= 15 is 0 Å². The van der Waals surface area contributed by atoms with Crippen molar-refractivity contribution in [1.82, 2.24) is 15.1 Å². The first-order chi connectivity index (χ1) is 13.0. The molecule has 1 atom stereocenters. The van der Waals surface area contributed by atoms with Crippen LogP contribution in [0, 0.1) is 19.8 Å². The number of benzene rings is 1. The molecule has 1 unspecified atom stereocenters. The Bertz CT molecular complexity index is 668. The minimum Gasteiger partial charge on any atom is -0.486 e. The third-order valence-corrected chi connectivity index (χ3v) is 5.23. The molecule has 0 saturated carbocycles. The predicted molar refractivity (Wildman–Crippen MR) is 102 cm³/mol. The van der Waals surface area contributed by atoms with Crippen molar-refractivity contribution in [2.75, 3.05) is 46.4 Å². The number of carbonyl (C=O) groups is 2. The zero-order valence-corrected chi connectivity index (χ0v) is 16.4. The number of likely N-dealkylation sites (tertiary alicyclic amines) is 2. The number of hydrogen-bond acceptors (Lipinski definition) is 4. The fraction of sp³-hybridized carbons (Fsp3) is 0.600. The number of methoxy groups -OCH3 is 1. The van der Waals surface area contributed by atoms with E-state index in [4.69, 9.17) is 9.47 Å². The van der Waals surface area contributed by atoms with E-state index < -0.39 is 0 Å². The highest BCUT2D eigenvalue weighted by Gasteiger charge is 2.34. The zero-order chi connectivity index (χ0) is 19.4. The summed E-state index contributed by atoms with van der Waals surface area (Å²) in [5, 5.41) is 2.95. The van der Waals surface area contributed by atoms with E-state index in [9.17, 15) is 9.59 Å². The van der Waals surface area contributed by atoms with Crippen molar-refractivity contribution >= 4 is 11.9 Å². The Labute approximate surface area is 160 Å². The van der Waals surface area contributed by atoms with Gasteiger partial charge in [-0.1, -0.05) is 18.2 Å². The van der Waals surface area contributed by atoms with E-state index in [1.54, 1.807) is 16.9 Å². The van der Waals surface area contributed by atoms with Gasteiger partial charge in [-0.15, -0.1) is 0 Å². The Morgan fingerprint density at radius 1 is 1.22 bits per heavy atom. The summed E-state index contributed by atoms with van der Waals surface area (Å²) in [5.41, 5.74) is 2.23. The Kier molecular flexibility index (Phi) is 6.21. The number of nitrogens with zero attached hydrogens (tertiary/aromatic N) is 2. The lowest BCUT2D eigenvalue weighted by Gasteiger charge is -2.39. The van der Waals surface area contributed by atoms with E-state index in [1.807, 2.05) is 32.0 Å². The van der Waals surface area contributed by atoms with Gasteiger partial charge in [-0.25, -0.2) is 4.79 Å². The Hall–Kier alpha value is -2.28. The molecule has 0 radical (unpaired) electrons. The van der Waals surface area contributed by atoms with Crippen LogP contribution < -0.4 is 10.1 Å². The summed E-state index contributed by atoms with van der Waals surface area (Å²) in [6.07, 6.45) is 0.524. The van der Waals surface area contributed by atoms with E-state index in [0.717, 1.165) is 16.9 Å². The highest BCUT2D eigenvalue weighted by molar-refractivity contribution is 5.79. The fourth-order valence-electron chi connectivity index (χ4n) is 3.58. The van der Waals surface area contributed by atoms with Crippen molar-refractivity contribution in [3.63, 3.8) is 0 Å². The van der Waals surface area contributed by atoms with E-state index in [-0.39, 0.29) is 24.0 Å². The van der Waals surface area contributed by atoms with Gasteiger partial charge in [0.2, 0.25) is 5.91 Å². The molecule has 0 bridgehead atoms. The van der Waals surface area contributed by atoms with Crippen LogP contribution in [0.1, 0.15) is 17.5 Å². The zero-order valence-electron chi connectivity index (χ0n) is 16.4. The maximum absolute atomic E-state index is 12.3. The normalized spacial score (nSPS) is 20.0. The topological polar surface area (TPSA) is 71.1 Å². The molecule has 1 aromatic carbocycles. The molecule has 2 fully saturated rings. The molecule has 0 spiro atoms. The van der Waals surface area contributed by atoms with Gasteiger partial charge in [-0.3, -0.25) is 4.79 Å². The van der Waals surface area contributed by atoms with E-state index in [1.165, 1.54) is 0 Å². The number of para-hydroxylation sites is 1. The maximum Gasteiger partial charge on any atom is 0.317 e. The van der Waals surface area contributed by atoms with Gasteiger partial charge in [0.15, 0.2) is 0 Å². The van der Waals surface area contributed by atoms with Crippen molar-refractivity contribution < 1.29 is 19.1 Å². The van der Waals surface area contributed by atoms with Crippen LogP contribution in [-0.4, -0.2) is 74.3 Å². The molecule has 2 aliphatic rings. The number of hydrogen-bond donors (Lipinski definition) is 1. The fourth-order valence-corrected chi connectivity index (χ4v) is 3.58. The van der Waals surface area contributed by atoms with Crippen LogP contribution in [0.5, 0.6) is 5.75 Å². The molecule has 0 aromatic heterocycles. The van der Waals surface area contributed by atoms with Crippen LogP contribution in [0.15, 0.2) is 18.2 Å². The molecule has 1 N–H and O–H groups in total. The van der Waals surface area contributed by atoms with Crippen LogP contribution in [0.3, 0.4) is 0 Å². The molecular formula is C20H29N3O4. The lowest BCUT2D eigenvalue weighted by molar-refractivity contribution is -0.128. The molecular weight excluding hydrogens is 346 g/mol. The molecule has 27 heavy (non-hydrogen) atoms. The Morgan fingerprint density at radius 3 is 2.59 bits per heavy atom. The number of carbonyl (C=O) groups excluding carboxylic acids is 2. The number of aryl methyl sites for hydroxylation is 2. The van der Waals surface area contributed by atoms with Crippen LogP contribution in [-0.2, 0) is 9.53 Å². The smallest absolute Gasteiger partial charge is 0.317 e. The number of nitrogens with one attached hydrogen (secondary N) is 1. The molecule has 2 saturated heterocycles. The van der Waals surface area contributed by atoms with Gasteiger partial charge in [-0.2, -0.15) is 0 Å². The van der Waals surface area contributed by atoms with Gasteiger partial charge in [0.25, 0.3) is 0 Å². The van der Waals surface area contributed by atoms with Crippen LogP contribution in [0.25, 0.3) is 0 Å². The minimum absolute atomic E-state index is 0.0353. The predicted octanol–water partition coefficient (Wildman–Crippen LogP) is 1.57. The molecule has 7 heteroatoms. The lowest BCUT2D eigenvalue weighted by Crippen LogP contribution is -2.59. The third-order valence-electron chi connectivity index (χ3n) is 5.23. The number of urea groups is 1. The molecule has 7 nitrogen and oxygen atoms in total. The molecule has 0 aliphatic carbocycles. The highest BCUT2D eigenvalue weighted by Crippen LogP contribution is 2.26. The summed E-state index contributed by atoms with van der Waals surface area (Å²) in [6.45, 7) is 7.60. The van der Waals surface area contributed by atoms with Gasteiger partial charge >= 0.3 is 6.03 Å². The third kappa shape index (κ3) is 4.71. The quantitative estimate of drug-likeness (QED) is 0.785. The van der Waals surface area contributed by atoms with E-state index in [2.05, 4.69) is 5.32 Å². The van der Waals surface area contributed by atoms with Crippen molar-refractivity contribution in [2.24, 2.45) is 5.92 Å². The summed E-state index contributed by atoms with van der Waals surface area (Å²) in [7, 11) is 1.63. The van der Waals surface area contributed by atoms with Crippen molar-refractivity contribution in [1.29, 1.82) is 0 Å². The number of ether oxygens (including phenoxy) is 2. The largest absolute Gasteiger partial charge is 0.486 e. The van der Waals surface area contributed by atoms with E-state index in [0.29, 0.717) is 45.8 Å². The lowest BCUT2D eigenvalue weighted by atomic mass is 10.1. The molecule has 148 valence electrons. The minimum atomic E-state index is -0.0841.